The van der Waals surface area contributed by atoms with Gasteiger partial charge >= 0.3 is 12.4 Å². The van der Waals surface area contributed by atoms with Crippen LogP contribution in [-0.4, -0.2) is 61.2 Å². The topological polar surface area (TPSA) is 44.8 Å². The van der Waals surface area contributed by atoms with E-state index in [1.165, 1.54) is 38.3 Å². The number of halogens is 7. The van der Waals surface area contributed by atoms with Gasteiger partial charge in [0.1, 0.15) is 5.82 Å². The molecule has 3 aliphatic rings. The zero-order valence-electron chi connectivity index (χ0n) is 24.7. The Balaban J connectivity index is 1.37. The van der Waals surface area contributed by atoms with Crippen LogP contribution in [0.25, 0.3) is 0 Å². The molecule has 4 atom stereocenters. The Morgan fingerprint density at radius 3 is 2.07 bits per heavy atom. The number of nitrogens with zero attached hydrogens (tertiary/aromatic N) is 2. The van der Waals surface area contributed by atoms with Crippen molar-refractivity contribution in [1.82, 2.24) is 4.90 Å². The number of quaternary nitrogens is 1. The van der Waals surface area contributed by atoms with Crippen LogP contribution in [0.15, 0.2) is 42.5 Å². The van der Waals surface area contributed by atoms with Gasteiger partial charge in [0.2, 0.25) is 0 Å². The molecular weight excluding hydrogens is 593 g/mol. The number of rotatable bonds is 7. The Morgan fingerprint density at radius 2 is 1.50 bits per heavy atom. The van der Waals surface area contributed by atoms with Gasteiger partial charge in [-0.2, -0.15) is 26.3 Å². The van der Waals surface area contributed by atoms with E-state index in [-0.39, 0.29) is 30.7 Å². The van der Waals surface area contributed by atoms with Crippen LogP contribution in [0.2, 0.25) is 0 Å². The van der Waals surface area contributed by atoms with Crippen LogP contribution in [0.3, 0.4) is 0 Å². The van der Waals surface area contributed by atoms with Gasteiger partial charge in [0.05, 0.1) is 43.5 Å². The van der Waals surface area contributed by atoms with Crippen molar-refractivity contribution in [2.45, 2.75) is 82.2 Å². The van der Waals surface area contributed by atoms with Crippen LogP contribution in [-0.2, 0) is 21.8 Å². The third-order valence-corrected chi connectivity index (χ3v) is 9.49. The number of hydrogen-bond acceptors (Lipinski definition) is 4. The van der Waals surface area contributed by atoms with E-state index in [0.717, 1.165) is 12.8 Å². The SMILES string of the molecule is C[C@@H](O[C@H]1OCC[C@@H](C[N+]2([O-])CCN(C3CCCCC3)CC2)[C@@H]1c1ccc(F)cc1)c1cc(C(F)(F)F)cc(C(F)(F)F)c1. The maximum Gasteiger partial charge on any atom is 0.416 e. The van der Waals surface area contributed by atoms with E-state index < -0.39 is 52.3 Å². The molecule has 2 aromatic rings. The van der Waals surface area contributed by atoms with Gasteiger partial charge in [-0.25, -0.2) is 4.39 Å². The van der Waals surface area contributed by atoms with Crippen LogP contribution >= 0.6 is 0 Å². The van der Waals surface area contributed by atoms with E-state index >= 15 is 0 Å². The first-order chi connectivity index (χ1) is 20.7. The molecule has 0 amide bonds. The first kappa shape index (κ1) is 33.1. The minimum absolute atomic E-state index is 0.0792. The fourth-order valence-corrected chi connectivity index (χ4v) is 7.04. The van der Waals surface area contributed by atoms with Gasteiger partial charge in [0, 0.05) is 31.0 Å². The molecule has 1 aliphatic carbocycles. The van der Waals surface area contributed by atoms with Crippen molar-refractivity contribution in [3.63, 3.8) is 0 Å². The lowest BCUT2D eigenvalue weighted by atomic mass is 9.81. The molecule has 2 saturated heterocycles. The van der Waals surface area contributed by atoms with Crippen molar-refractivity contribution in [2.75, 3.05) is 39.3 Å². The summed E-state index contributed by atoms with van der Waals surface area (Å²) >= 11 is 0. The summed E-state index contributed by atoms with van der Waals surface area (Å²) in [4.78, 5) is 2.42. The Labute approximate surface area is 253 Å². The highest BCUT2D eigenvalue weighted by atomic mass is 19.4. The summed E-state index contributed by atoms with van der Waals surface area (Å²) in [6.07, 6.45) is -5.80. The molecule has 1 saturated carbocycles. The molecule has 44 heavy (non-hydrogen) atoms. The molecule has 0 unspecified atom stereocenters. The van der Waals surface area contributed by atoms with Crippen LogP contribution < -0.4 is 0 Å². The van der Waals surface area contributed by atoms with E-state index in [1.807, 2.05) is 0 Å². The number of hydrogen-bond donors (Lipinski definition) is 0. The van der Waals surface area contributed by atoms with Gasteiger partial charge in [-0.1, -0.05) is 31.4 Å². The van der Waals surface area contributed by atoms with Crippen molar-refractivity contribution in [2.24, 2.45) is 5.92 Å². The van der Waals surface area contributed by atoms with Crippen LogP contribution in [0.5, 0.6) is 0 Å². The normalized spacial score (nSPS) is 26.4. The lowest BCUT2D eigenvalue weighted by molar-refractivity contribution is -0.889. The van der Waals surface area contributed by atoms with Crippen LogP contribution in [0.4, 0.5) is 30.7 Å². The smallest absolute Gasteiger partial charge is 0.416 e. The standard InChI is InChI=1S/C32H39F7N2O3/c1-21(24-17-25(31(34,35)36)19-26(18-24)32(37,38)39)44-30-29(22-7-9-27(33)10-8-22)23(11-16-43-30)20-41(42)14-12-40(13-15-41)28-5-3-2-4-6-28/h7-10,17-19,21,23,28-30H,2-6,11-16,20H2,1H3/t21-,23+,29+,30-/m1/s1. The lowest BCUT2D eigenvalue weighted by Gasteiger charge is -2.53. The summed E-state index contributed by atoms with van der Waals surface area (Å²) in [6, 6.07) is 7.56. The number of piperazine rings is 1. The molecular formula is C32H39F7N2O3. The average molecular weight is 633 g/mol. The van der Waals surface area contributed by atoms with E-state index in [0.29, 0.717) is 56.3 Å². The van der Waals surface area contributed by atoms with Crippen molar-refractivity contribution in [3.05, 3.63) is 75.7 Å². The van der Waals surface area contributed by atoms with Crippen molar-refractivity contribution >= 4 is 0 Å². The van der Waals surface area contributed by atoms with Gasteiger partial charge < -0.3 is 19.3 Å². The minimum Gasteiger partial charge on any atom is -0.633 e. The summed E-state index contributed by atoms with van der Waals surface area (Å²) in [7, 11) is 0. The Morgan fingerprint density at radius 1 is 0.909 bits per heavy atom. The number of ether oxygens (including phenoxy) is 2. The van der Waals surface area contributed by atoms with Gasteiger partial charge in [-0.05, 0) is 67.6 Å². The summed E-state index contributed by atoms with van der Waals surface area (Å²) in [5.74, 6) is -1.32. The Kier molecular flexibility index (Phi) is 9.96. The third kappa shape index (κ3) is 7.93. The van der Waals surface area contributed by atoms with Crippen LogP contribution in [0, 0.1) is 16.9 Å². The molecule has 5 nitrogen and oxygen atoms in total. The zero-order chi connectivity index (χ0) is 31.7. The van der Waals surface area contributed by atoms with Crippen LogP contribution in [0.1, 0.15) is 79.7 Å². The molecule has 0 aromatic heterocycles. The molecule has 0 spiro atoms. The van der Waals surface area contributed by atoms with Crippen molar-refractivity contribution in [3.8, 4) is 0 Å². The first-order valence-electron chi connectivity index (χ1n) is 15.3. The highest BCUT2D eigenvalue weighted by Gasteiger charge is 2.43. The monoisotopic (exact) mass is 632 g/mol. The molecule has 2 aromatic carbocycles. The second kappa shape index (κ2) is 13.2. The van der Waals surface area contributed by atoms with Gasteiger partial charge in [0.15, 0.2) is 6.29 Å². The fraction of sp³-hybridized carbons (Fsp3) is 0.625. The fourth-order valence-electron chi connectivity index (χ4n) is 7.04. The summed E-state index contributed by atoms with van der Waals surface area (Å²) in [5, 5.41) is 14.0. The quantitative estimate of drug-likeness (QED) is 0.176. The first-order valence-corrected chi connectivity index (χ1v) is 15.3. The zero-order valence-corrected chi connectivity index (χ0v) is 24.7. The molecule has 12 heteroatoms. The van der Waals surface area contributed by atoms with Gasteiger partial charge in [-0.15, -0.1) is 0 Å². The number of alkyl halides is 6. The molecule has 0 bridgehead atoms. The van der Waals surface area contributed by atoms with E-state index in [9.17, 15) is 35.9 Å². The highest BCUT2D eigenvalue weighted by Crippen LogP contribution is 2.42. The third-order valence-electron chi connectivity index (χ3n) is 9.49. The molecule has 2 heterocycles. The minimum atomic E-state index is -4.99. The molecule has 0 radical (unpaired) electrons. The molecule has 3 fully saturated rings. The second-order valence-corrected chi connectivity index (χ2v) is 12.5. The van der Waals surface area contributed by atoms with E-state index in [2.05, 4.69) is 4.90 Å². The Hall–Kier alpha value is -2.25. The average Bonchev–Trinajstić information content (AvgIpc) is 2.97. The maximum absolute atomic E-state index is 14.0. The predicted octanol–water partition coefficient (Wildman–Crippen LogP) is 8.05. The predicted molar refractivity (Wildman–Crippen MR) is 150 cm³/mol. The van der Waals surface area contributed by atoms with Gasteiger partial charge in [0.25, 0.3) is 0 Å². The molecule has 2 aliphatic heterocycles. The summed E-state index contributed by atoms with van der Waals surface area (Å²) < 4.78 is 107. The molecule has 5 rings (SSSR count). The van der Waals surface area contributed by atoms with Gasteiger partial charge in [-0.3, -0.25) is 4.90 Å². The van der Waals surface area contributed by atoms with Crippen molar-refractivity contribution in [1.29, 1.82) is 0 Å². The van der Waals surface area contributed by atoms with E-state index in [4.69, 9.17) is 9.47 Å². The largest absolute Gasteiger partial charge is 0.633 e. The highest BCUT2D eigenvalue weighted by molar-refractivity contribution is 5.35. The van der Waals surface area contributed by atoms with E-state index in [1.54, 1.807) is 12.1 Å². The summed E-state index contributed by atoms with van der Waals surface area (Å²) in [5.41, 5.74) is -2.54. The van der Waals surface area contributed by atoms with Crippen molar-refractivity contribution < 1.29 is 44.9 Å². The Bertz CT molecular complexity index is 1210. The lowest BCUT2D eigenvalue weighted by Crippen LogP contribution is -2.60. The maximum atomic E-state index is 14.0. The summed E-state index contributed by atoms with van der Waals surface area (Å²) in [6.45, 7) is 4.08. The number of benzene rings is 2. The molecule has 0 N–H and O–H groups in total. The second-order valence-electron chi connectivity index (χ2n) is 12.5. The number of hydroxylamine groups is 3. The molecule has 244 valence electrons.